The fourth-order valence-electron chi connectivity index (χ4n) is 2.86. The lowest BCUT2D eigenvalue weighted by Crippen LogP contribution is -2.05. The minimum Gasteiger partial charge on any atom is -0.293 e. The Balaban J connectivity index is 1.73. The third-order valence-corrected chi connectivity index (χ3v) is 5.13. The number of hydrogen-bond acceptors (Lipinski definition) is 4. The molecule has 0 atom stereocenters. The first kappa shape index (κ1) is 18.4. The lowest BCUT2D eigenvalue weighted by atomic mass is 10.1. The van der Waals surface area contributed by atoms with Gasteiger partial charge in [-0.1, -0.05) is 61.5 Å². The maximum atomic E-state index is 12.5. The van der Waals surface area contributed by atoms with Gasteiger partial charge in [-0.2, -0.15) is 0 Å². The van der Waals surface area contributed by atoms with E-state index in [-0.39, 0.29) is 5.78 Å². The van der Waals surface area contributed by atoms with Gasteiger partial charge in [-0.25, -0.2) is 0 Å². The lowest BCUT2D eigenvalue weighted by molar-refractivity contribution is 0.102. The number of aryl methyl sites for hydroxylation is 3. The second-order valence-corrected chi connectivity index (χ2v) is 7.31. The zero-order valence-electron chi connectivity index (χ0n) is 15.4. The van der Waals surface area contributed by atoms with Crippen LogP contribution in [0.4, 0.5) is 0 Å². The standard InChI is InChI=1S/C21H23N3OS/c1-4-6-17-9-11-18(12-10-17)20(25)14-26-21-23-22-16(3)24(21)19-8-5-7-15(2)13-19/h5,7-13H,4,6,14H2,1-3H3. The van der Waals surface area contributed by atoms with Crippen molar-refractivity contribution in [3.8, 4) is 5.69 Å². The minimum atomic E-state index is 0.106. The van der Waals surface area contributed by atoms with Crippen LogP contribution in [0.2, 0.25) is 0 Å². The summed E-state index contributed by atoms with van der Waals surface area (Å²) in [5.74, 6) is 1.26. The highest BCUT2D eigenvalue weighted by Crippen LogP contribution is 2.23. The lowest BCUT2D eigenvalue weighted by Gasteiger charge is -2.09. The first-order valence-electron chi connectivity index (χ1n) is 8.82. The second-order valence-electron chi connectivity index (χ2n) is 6.36. The molecule has 0 aliphatic heterocycles. The topological polar surface area (TPSA) is 47.8 Å². The van der Waals surface area contributed by atoms with E-state index < -0.39 is 0 Å². The number of Topliss-reactive ketones (excluding diaryl/α,β-unsaturated/α-hetero) is 1. The Morgan fingerprint density at radius 2 is 1.85 bits per heavy atom. The third-order valence-electron chi connectivity index (χ3n) is 4.20. The summed E-state index contributed by atoms with van der Waals surface area (Å²) in [6.07, 6.45) is 2.15. The number of benzene rings is 2. The molecule has 26 heavy (non-hydrogen) atoms. The molecular weight excluding hydrogens is 342 g/mol. The molecule has 2 aromatic carbocycles. The van der Waals surface area contributed by atoms with Crippen molar-refractivity contribution in [2.75, 3.05) is 5.75 Å². The number of aromatic nitrogens is 3. The summed E-state index contributed by atoms with van der Waals surface area (Å²) in [6, 6.07) is 16.1. The number of nitrogens with zero attached hydrogens (tertiary/aromatic N) is 3. The predicted octanol–water partition coefficient (Wildman–Crippen LogP) is 4.81. The van der Waals surface area contributed by atoms with E-state index in [4.69, 9.17) is 0 Å². The number of thioether (sulfide) groups is 1. The quantitative estimate of drug-likeness (QED) is 0.445. The number of rotatable bonds is 7. The fraction of sp³-hybridized carbons (Fsp3) is 0.286. The highest BCUT2D eigenvalue weighted by atomic mass is 32.2. The van der Waals surface area contributed by atoms with Gasteiger partial charge in [-0.05, 0) is 43.5 Å². The Morgan fingerprint density at radius 1 is 1.08 bits per heavy atom. The Hall–Kier alpha value is -2.40. The van der Waals surface area contributed by atoms with Crippen molar-refractivity contribution >= 4 is 17.5 Å². The molecule has 0 radical (unpaired) electrons. The largest absolute Gasteiger partial charge is 0.293 e. The monoisotopic (exact) mass is 365 g/mol. The zero-order valence-corrected chi connectivity index (χ0v) is 16.2. The summed E-state index contributed by atoms with van der Waals surface area (Å²) in [5.41, 5.74) is 4.21. The van der Waals surface area contributed by atoms with Crippen LogP contribution in [0.15, 0.2) is 53.7 Å². The third kappa shape index (κ3) is 4.22. The molecule has 0 unspecified atom stereocenters. The van der Waals surface area contributed by atoms with Crippen LogP contribution in [0, 0.1) is 13.8 Å². The van der Waals surface area contributed by atoms with E-state index in [9.17, 15) is 4.79 Å². The molecule has 5 heteroatoms. The minimum absolute atomic E-state index is 0.106. The van der Waals surface area contributed by atoms with E-state index in [1.54, 1.807) is 0 Å². The normalized spacial score (nSPS) is 10.9. The summed E-state index contributed by atoms with van der Waals surface area (Å²) < 4.78 is 2.00. The highest BCUT2D eigenvalue weighted by Gasteiger charge is 2.14. The van der Waals surface area contributed by atoms with Crippen LogP contribution in [-0.4, -0.2) is 26.3 Å². The van der Waals surface area contributed by atoms with E-state index >= 15 is 0 Å². The second kappa shape index (κ2) is 8.32. The Morgan fingerprint density at radius 3 is 2.54 bits per heavy atom. The van der Waals surface area contributed by atoms with Gasteiger partial charge < -0.3 is 0 Å². The maximum absolute atomic E-state index is 12.5. The zero-order chi connectivity index (χ0) is 18.5. The maximum Gasteiger partial charge on any atom is 0.196 e. The fourth-order valence-corrected chi connectivity index (χ4v) is 3.75. The van der Waals surface area contributed by atoms with Crippen LogP contribution < -0.4 is 0 Å². The molecule has 4 nitrogen and oxygen atoms in total. The highest BCUT2D eigenvalue weighted by molar-refractivity contribution is 7.99. The average Bonchev–Trinajstić information content (AvgIpc) is 3.01. The molecular formula is C21H23N3OS. The molecule has 0 N–H and O–H groups in total. The van der Waals surface area contributed by atoms with Crippen LogP contribution in [0.5, 0.6) is 0 Å². The summed E-state index contributed by atoms with van der Waals surface area (Å²) >= 11 is 1.43. The molecule has 0 aliphatic carbocycles. The predicted molar refractivity (Wildman–Crippen MR) is 106 cm³/mol. The molecule has 0 fully saturated rings. The number of carbonyl (C=O) groups is 1. The van der Waals surface area contributed by atoms with Crippen molar-refractivity contribution in [2.45, 2.75) is 38.8 Å². The van der Waals surface area contributed by atoms with Crippen molar-refractivity contribution in [3.63, 3.8) is 0 Å². The van der Waals surface area contributed by atoms with E-state index in [0.717, 1.165) is 35.1 Å². The Kier molecular flexibility index (Phi) is 5.89. The van der Waals surface area contributed by atoms with Crippen molar-refractivity contribution in [2.24, 2.45) is 0 Å². The van der Waals surface area contributed by atoms with Gasteiger partial charge in [0, 0.05) is 11.3 Å². The number of ketones is 1. The molecule has 134 valence electrons. The summed E-state index contributed by atoms with van der Waals surface area (Å²) in [6.45, 7) is 6.14. The van der Waals surface area contributed by atoms with Gasteiger partial charge >= 0.3 is 0 Å². The van der Waals surface area contributed by atoms with Crippen molar-refractivity contribution in [1.29, 1.82) is 0 Å². The van der Waals surface area contributed by atoms with Crippen LogP contribution in [0.1, 0.15) is 40.7 Å². The molecule has 1 heterocycles. The molecule has 0 bridgehead atoms. The summed E-state index contributed by atoms with van der Waals surface area (Å²) in [4.78, 5) is 12.5. The summed E-state index contributed by atoms with van der Waals surface area (Å²) in [7, 11) is 0. The smallest absolute Gasteiger partial charge is 0.196 e. The molecule has 0 saturated heterocycles. The van der Waals surface area contributed by atoms with E-state index in [1.165, 1.54) is 22.9 Å². The van der Waals surface area contributed by atoms with Gasteiger partial charge in [0.25, 0.3) is 0 Å². The van der Waals surface area contributed by atoms with Crippen molar-refractivity contribution < 1.29 is 4.79 Å². The molecule has 0 spiro atoms. The van der Waals surface area contributed by atoms with Gasteiger partial charge in [0.2, 0.25) is 0 Å². The Bertz CT molecular complexity index is 900. The molecule has 0 aliphatic rings. The van der Waals surface area contributed by atoms with E-state index in [1.807, 2.05) is 47.9 Å². The van der Waals surface area contributed by atoms with Gasteiger partial charge in [0.05, 0.1) is 5.75 Å². The van der Waals surface area contributed by atoms with Gasteiger partial charge in [-0.3, -0.25) is 9.36 Å². The van der Waals surface area contributed by atoms with Crippen LogP contribution in [0.3, 0.4) is 0 Å². The van der Waals surface area contributed by atoms with Crippen LogP contribution >= 0.6 is 11.8 Å². The molecule has 0 amide bonds. The average molecular weight is 366 g/mol. The van der Waals surface area contributed by atoms with Crippen molar-refractivity contribution in [1.82, 2.24) is 14.8 Å². The van der Waals surface area contributed by atoms with Crippen LogP contribution in [0.25, 0.3) is 5.69 Å². The molecule has 3 aromatic rings. The van der Waals surface area contributed by atoms with E-state index in [2.05, 4.69) is 36.2 Å². The number of hydrogen-bond donors (Lipinski definition) is 0. The first-order chi connectivity index (χ1) is 12.6. The molecule has 1 aromatic heterocycles. The first-order valence-corrected chi connectivity index (χ1v) is 9.81. The Labute approximate surface area is 158 Å². The van der Waals surface area contributed by atoms with Crippen LogP contribution in [-0.2, 0) is 6.42 Å². The summed E-state index contributed by atoms with van der Waals surface area (Å²) in [5, 5.41) is 9.18. The van der Waals surface area contributed by atoms with Gasteiger partial charge in [-0.15, -0.1) is 10.2 Å². The molecule has 3 rings (SSSR count). The van der Waals surface area contributed by atoms with Crippen molar-refractivity contribution in [3.05, 3.63) is 71.0 Å². The SMILES string of the molecule is CCCc1ccc(C(=O)CSc2nnc(C)n2-c2cccc(C)c2)cc1. The van der Waals surface area contributed by atoms with E-state index in [0.29, 0.717) is 5.75 Å². The van der Waals surface area contributed by atoms with Gasteiger partial charge in [0.15, 0.2) is 10.9 Å². The molecule has 0 saturated carbocycles. The van der Waals surface area contributed by atoms with Gasteiger partial charge in [0.1, 0.15) is 5.82 Å². The number of carbonyl (C=O) groups excluding carboxylic acids is 1.